The summed E-state index contributed by atoms with van der Waals surface area (Å²) < 4.78 is 1.26. The molecule has 114 valence electrons. The first kappa shape index (κ1) is 17.0. The van der Waals surface area contributed by atoms with Crippen LogP contribution in [0.25, 0.3) is 0 Å². The molecule has 0 spiro atoms. The average Bonchev–Trinajstić information content (AvgIpc) is 2.42. The van der Waals surface area contributed by atoms with Crippen LogP contribution in [0.15, 0.2) is 24.3 Å². The number of hydrogen-bond donors (Lipinski definition) is 1. The number of nitrogens with zero attached hydrogens (tertiary/aromatic N) is 1. The summed E-state index contributed by atoms with van der Waals surface area (Å²) in [6.45, 7) is 12.0. The van der Waals surface area contributed by atoms with Crippen LogP contribution in [0.5, 0.6) is 5.75 Å². The van der Waals surface area contributed by atoms with Crippen LogP contribution >= 0.6 is 0 Å². The Morgan fingerprint density at radius 3 is 1.90 bits per heavy atom. The monoisotopic (exact) mass is 278 g/mol. The zero-order chi connectivity index (χ0) is 14.8. The van der Waals surface area contributed by atoms with Gasteiger partial charge in [0.15, 0.2) is 0 Å². The van der Waals surface area contributed by atoms with Gasteiger partial charge in [-0.2, -0.15) is 0 Å². The molecule has 0 aromatic heterocycles. The van der Waals surface area contributed by atoms with E-state index in [1.807, 2.05) is 18.2 Å². The molecule has 1 N–H and O–H groups in total. The fourth-order valence-electron chi connectivity index (χ4n) is 3.42. The van der Waals surface area contributed by atoms with E-state index in [1.54, 1.807) is 6.07 Å². The fourth-order valence-corrected chi connectivity index (χ4v) is 3.42. The molecule has 0 radical (unpaired) electrons. The Labute approximate surface area is 125 Å². The number of phenols is 1. The quantitative estimate of drug-likeness (QED) is 0.630. The lowest BCUT2D eigenvalue weighted by molar-refractivity contribution is -0.928. The Kier molecular flexibility index (Phi) is 7.68. The molecule has 1 rings (SSSR count). The van der Waals surface area contributed by atoms with Gasteiger partial charge in [-0.15, -0.1) is 0 Å². The maximum absolute atomic E-state index is 9.84. The minimum atomic E-state index is 0.451. The maximum atomic E-state index is 9.84. The number of hydrogen-bond acceptors (Lipinski definition) is 1. The summed E-state index contributed by atoms with van der Waals surface area (Å²) in [5, 5.41) is 9.84. The molecular weight excluding hydrogens is 246 g/mol. The number of benzene rings is 1. The normalized spacial score (nSPS) is 11.8. The lowest BCUT2D eigenvalue weighted by Gasteiger charge is -2.38. The first-order valence-corrected chi connectivity index (χ1v) is 8.29. The topological polar surface area (TPSA) is 20.2 Å². The highest BCUT2D eigenvalue weighted by Crippen LogP contribution is 2.19. The van der Waals surface area contributed by atoms with Crippen molar-refractivity contribution in [2.24, 2.45) is 0 Å². The molecule has 0 atom stereocenters. The summed E-state index contributed by atoms with van der Waals surface area (Å²) in [6, 6.07) is 7.75. The van der Waals surface area contributed by atoms with Gasteiger partial charge >= 0.3 is 0 Å². The number of aromatic hydroxyl groups is 1. The van der Waals surface area contributed by atoms with Gasteiger partial charge in [0.05, 0.1) is 26.2 Å². The number of aryl methyl sites for hydroxylation is 1. The SMILES string of the molecule is CCC[N+](CCC)(CCC)CCCc1ccccc1O. The summed E-state index contributed by atoms with van der Waals surface area (Å²) >= 11 is 0. The third kappa shape index (κ3) is 5.16. The number of para-hydroxylation sites is 1. The molecule has 2 nitrogen and oxygen atoms in total. The molecule has 0 saturated heterocycles. The Balaban J connectivity index is 2.59. The first-order valence-electron chi connectivity index (χ1n) is 8.29. The van der Waals surface area contributed by atoms with Gasteiger partial charge in [-0.05, 0) is 37.3 Å². The van der Waals surface area contributed by atoms with E-state index in [0.29, 0.717) is 5.75 Å². The fraction of sp³-hybridized carbons (Fsp3) is 0.667. The van der Waals surface area contributed by atoms with Crippen molar-refractivity contribution in [3.05, 3.63) is 29.8 Å². The summed E-state index contributed by atoms with van der Waals surface area (Å²) in [7, 11) is 0. The van der Waals surface area contributed by atoms with Crippen LogP contribution in [0.3, 0.4) is 0 Å². The van der Waals surface area contributed by atoms with E-state index in [9.17, 15) is 5.11 Å². The molecule has 2 heteroatoms. The second kappa shape index (κ2) is 9.02. The highest BCUT2D eigenvalue weighted by molar-refractivity contribution is 5.31. The smallest absolute Gasteiger partial charge is 0.118 e. The van der Waals surface area contributed by atoms with Crippen molar-refractivity contribution < 1.29 is 9.59 Å². The van der Waals surface area contributed by atoms with Crippen molar-refractivity contribution in [3.63, 3.8) is 0 Å². The standard InChI is InChI=1S/C18H31NO/c1-4-13-19(14-5-2,15-6-3)16-9-11-17-10-7-8-12-18(17)20/h7-8,10,12H,4-6,9,11,13-16H2,1-3H3/p+1. The van der Waals surface area contributed by atoms with E-state index in [-0.39, 0.29) is 0 Å². The second-order valence-electron chi connectivity index (χ2n) is 5.97. The van der Waals surface area contributed by atoms with E-state index in [4.69, 9.17) is 0 Å². The summed E-state index contributed by atoms with van der Waals surface area (Å²) in [6.07, 6.45) is 5.94. The van der Waals surface area contributed by atoms with Crippen molar-refractivity contribution in [1.29, 1.82) is 0 Å². The van der Waals surface area contributed by atoms with Crippen LogP contribution in [-0.4, -0.2) is 35.8 Å². The largest absolute Gasteiger partial charge is 0.508 e. The van der Waals surface area contributed by atoms with E-state index >= 15 is 0 Å². The second-order valence-corrected chi connectivity index (χ2v) is 5.97. The van der Waals surface area contributed by atoms with Crippen LogP contribution in [0.1, 0.15) is 52.0 Å². The lowest BCUT2D eigenvalue weighted by Crippen LogP contribution is -2.50. The summed E-state index contributed by atoms with van der Waals surface area (Å²) in [5.74, 6) is 0.451. The van der Waals surface area contributed by atoms with Crippen molar-refractivity contribution in [3.8, 4) is 5.75 Å². The Morgan fingerprint density at radius 2 is 1.40 bits per heavy atom. The maximum Gasteiger partial charge on any atom is 0.118 e. The van der Waals surface area contributed by atoms with Crippen LogP contribution in [0, 0.1) is 0 Å². The Bertz CT molecular complexity index is 358. The van der Waals surface area contributed by atoms with Crippen LogP contribution in [0.4, 0.5) is 0 Å². The van der Waals surface area contributed by atoms with E-state index in [0.717, 1.165) is 18.4 Å². The molecule has 0 amide bonds. The third-order valence-electron chi connectivity index (χ3n) is 4.16. The molecule has 0 unspecified atom stereocenters. The third-order valence-corrected chi connectivity index (χ3v) is 4.16. The van der Waals surface area contributed by atoms with Gasteiger partial charge in [-0.3, -0.25) is 0 Å². The number of quaternary nitrogens is 1. The highest BCUT2D eigenvalue weighted by Gasteiger charge is 2.23. The highest BCUT2D eigenvalue weighted by atomic mass is 16.3. The van der Waals surface area contributed by atoms with Crippen molar-refractivity contribution >= 4 is 0 Å². The molecule has 0 aliphatic rings. The van der Waals surface area contributed by atoms with E-state index in [2.05, 4.69) is 20.8 Å². The van der Waals surface area contributed by atoms with Gasteiger partial charge in [-0.25, -0.2) is 0 Å². The zero-order valence-corrected chi connectivity index (χ0v) is 13.6. The molecular formula is C18H32NO+. The minimum absolute atomic E-state index is 0.451. The van der Waals surface area contributed by atoms with Crippen LogP contribution < -0.4 is 0 Å². The summed E-state index contributed by atoms with van der Waals surface area (Å²) in [5.41, 5.74) is 1.09. The lowest BCUT2D eigenvalue weighted by atomic mass is 10.1. The predicted molar refractivity (Wildman–Crippen MR) is 87.0 cm³/mol. The first-order chi connectivity index (χ1) is 9.67. The Morgan fingerprint density at radius 1 is 0.850 bits per heavy atom. The minimum Gasteiger partial charge on any atom is -0.508 e. The Hall–Kier alpha value is -1.02. The molecule has 20 heavy (non-hydrogen) atoms. The van der Waals surface area contributed by atoms with E-state index in [1.165, 1.54) is 49.9 Å². The molecule has 0 saturated carbocycles. The molecule has 0 fully saturated rings. The van der Waals surface area contributed by atoms with Crippen molar-refractivity contribution in [2.75, 3.05) is 26.2 Å². The van der Waals surface area contributed by atoms with Gasteiger partial charge < -0.3 is 9.59 Å². The van der Waals surface area contributed by atoms with Crippen LogP contribution in [-0.2, 0) is 6.42 Å². The van der Waals surface area contributed by atoms with Crippen LogP contribution in [0.2, 0.25) is 0 Å². The van der Waals surface area contributed by atoms with Gasteiger partial charge in [0.1, 0.15) is 5.75 Å². The van der Waals surface area contributed by atoms with Crippen molar-refractivity contribution in [2.45, 2.75) is 52.9 Å². The number of rotatable bonds is 10. The van der Waals surface area contributed by atoms with Gasteiger partial charge in [-0.1, -0.05) is 39.0 Å². The number of phenolic OH excluding ortho intramolecular Hbond substituents is 1. The average molecular weight is 278 g/mol. The van der Waals surface area contributed by atoms with Gasteiger partial charge in [0.2, 0.25) is 0 Å². The zero-order valence-electron chi connectivity index (χ0n) is 13.6. The molecule has 0 aliphatic carbocycles. The van der Waals surface area contributed by atoms with Gasteiger partial charge in [0.25, 0.3) is 0 Å². The predicted octanol–water partition coefficient (Wildman–Crippen LogP) is 4.37. The molecule has 1 aromatic rings. The molecule has 1 aromatic carbocycles. The molecule has 0 aliphatic heterocycles. The van der Waals surface area contributed by atoms with E-state index < -0.39 is 0 Å². The summed E-state index contributed by atoms with van der Waals surface area (Å²) in [4.78, 5) is 0. The van der Waals surface area contributed by atoms with Crippen molar-refractivity contribution in [1.82, 2.24) is 0 Å². The van der Waals surface area contributed by atoms with Gasteiger partial charge in [0, 0.05) is 6.42 Å². The molecule has 0 heterocycles. The molecule has 0 bridgehead atoms.